The first-order valence-corrected chi connectivity index (χ1v) is 4.16. The zero-order valence-corrected chi connectivity index (χ0v) is 6.48. The summed E-state index contributed by atoms with van der Waals surface area (Å²) in [6.07, 6.45) is 7.15. The van der Waals surface area contributed by atoms with E-state index in [1.807, 2.05) is 0 Å². The number of nitrogens with zero attached hydrogens (tertiary/aromatic N) is 4. The maximum absolute atomic E-state index is 3.80. The van der Waals surface area contributed by atoms with E-state index < -0.39 is 0 Å². The van der Waals surface area contributed by atoms with E-state index >= 15 is 0 Å². The van der Waals surface area contributed by atoms with Gasteiger partial charge in [-0.3, -0.25) is 0 Å². The number of hydrogen-bond donors (Lipinski definition) is 0. The zero-order valence-electron chi connectivity index (χ0n) is 6.48. The Morgan fingerprint density at radius 3 is 2.91 bits per heavy atom. The lowest BCUT2D eigenvalue weighted by Gasteiger charge is -2.24. The second-order valence-electron chi connectivity index (χ2n) is 3.16. The van der Waals surface area contributed by atoms with Gasteiger partial charge in [0.2, 0.25) is 0 Å². The van der Waals surface area contributed by atoms with E-state index in [1.165, 1.54) is 25.7 Å². The molecule has 1 aliphatic rings. The molecule has 1 aliphatic carbocycles. The van der Waals surface area contributed by atoms with E-state index in [0.29, 0.717) is 0 Å². The molecule has 60 valence electrons. The first-order valence-electron chi connectivity index (χ1n) is 4.16. The minimum atomic E-state index is 0.944. The molecule has 0 aliphatic heterocycles. The molecule has 1 aromatic rings. The Hall–Kier alpha value is -0.930. The van der Waals surface area contributed by atoms with Gasteiger partial charge in [0.25, 0.3) is 0 Å². The molecule has 0 atom stereocenters. The van der Waals surface area contributed by atoms with Crippen LogP contribution in [0.2, 0.25) is 0 Å². The van der Waals surface area contributed by atoms with Crippen LogP contribution in [0.4, 0.5) is 0 Å². The molecule has 4 nitrogen and oxygen atoms in total. The summed E-state index contributed by atoms with van der Waals surface area (Å²) in [5.41, 5.74) is 0. The van der Waals surface area contributed by atoms with Crippen LogP contribution in [0, 0.1) is 5.92 Å². The van der Waals surface area contributed by atoms with Gasteiger partial charge in [0.05, 0.1) is 0 Å². The predicted molar refractivity (Wildman–Crippen MR) is 39.8 cm³/mol. The van der Waals surface area contributed by atoms with Crippen molar-refractivity contribution in [2.45, 2.75) is 32.2 Å². The SMILES string of the molecule is c1nnnn1CCC1CCC1. The second-order valence-corrected chi connectivity index (χ2v) is 3.16. The molecular formula is C7H12N4. The number of aromatic nitrogens is 4. The fraction of sp³-hybridized carbons (Fsp3) is 0.857. The van der Waals surface area contributed by atoms with Crippen molar-refractivity contribution in [3.05, 3.63) is 6.33 Å². The van der Waals surface area contributed by atoms with Gasteiger partial charge in [-0.15, -0.1) is 5.10 Å². The second kappa shape index (κ2) is 2.98. The van der Waals surface area contributed by atoms with Gasteiger partial charge in [-0.1, -0.05) is 19.3 Å². The Morgan fingerprint density at radius 2 is 2.36 bits per heavy atom. The summed E-state index contributed by atoms with van der Waals surface area (Å²) >= 11 is 0. The summed E-state index contributed by atoms with van der Waals surface area (Å²) in [5.74, 6) is 0.944. The molecule has 1 fully saturated rings. The topological polar surface area (TPSA) is 43.6 Å². The minimum Gasteiger partial charge on any atom is -0.233 e. The Balaban J connectivity index is 1.74. The van der Waals surface area contributed by atoms with E-state index in [1.54, 1.807) is 11.0 Å². The zero-order chi connectivity index (χ0) is 7.52. The lowest BCUT2D eigenvalue weighted by atomic mass is 9.83. The summed E-state index contributed by atoms with van der Waals surface area (Å²) in [5, 5.41) is 11.0. The monoisotopic (exact) mass is 152 g/mol. The van der Waals surface area contributed by atoms with Gasteiger partial charge >= 0.3 is 0 Å². The van der Waals surface area contributed by atoms with Gasteiger partial charge in [-0.25, -0.2) is 4.68 Å². The normalized spacial score (nSPS) is 18.2. The number of hydrogen-bond acceptors (Lipinski definition) is 3. The fourth-order valence-electron chi connectivity index (χ4n) is 1.38. The molecule has 0 bridgehead atoms. The predicted octanol–water partition coefficient (Wildman–Crippen LogP) is 0.863. The van der Waals surface area contributed by atoms with Crippen LogP contribution in [-0.4, -0.2) is 20.2 Å². The smallest absolute Gasteiger partial charge is 0.138 e. The van der Waals surface area contributed by atoms with Gasteiger partial charge in [0.1, 0.15) is 6.33 Å². The van der Waals surface area contributed by atoms with Crippen LogP contribution in [0.15, 0.2) is 6.33 Å². The molecule has 2 rings (SSSR count). The van der Waals surface area contributed by atoms with Crippen LogP contribution in [0.1, 0.15) is 25.7 Å². The molecule has 0 aromatic carbocycles. The van der Waals surface area contributed by atoms with E-state index in [2.05, 4.69) is 15.5 Å². The number of tetrazole rings is 1. The first-order chi connectivity index (χ1) is 5.45. The van der Waals surface area contributed by atoms with Gasteiger partial charge < -0.3 is 0 Å². The van der Waals surface area contributed by atoms with Crippen molar-refractivity contribution < 1.29 is 0 Å². The number of aryl methyl sites for hydroxylation is 1. The van der Waals surface area contributed by atoms with Crippen molar-refractivity contribution in [3.8, 4) is 0 Å². The average Bonchev–Trinajstić information content (AvgIpc) is 2.36. The standard InChI is InChI=1S/C7H12N4/c1-2-7(3-1)4-5-11-6-8-9-10-11/h6-7H,1-5H2. The summed E-state index contributed by atoms with van der Waals surface area (Å²) in [6.45, 7) is 0.984. The van der Waals surface area contributed by atoms with Gasteiger partial charge in [0, 0.05) is 6.54 Å². The molecular weight excluding hydrogens is 140 g/mol. The highest BCUT2D eigenvalue weighted by Gasteiger charge is 2.16. The van der Waals surface area contributed by atoms with Crippen molar-refractivity contribution in [2.24, 2.45) is 5.92 Å². The third-order valence-corrected chi connectivity index (χ3v) is 2.38. The lowest BCUT2D eigenvalue weighted by molar-refractivity contribution is 0.277. The molecule has 4 heteroatoms. The third-order valence-electron chi connectivity index (χ3n) is 2.38. The summed E-state index contributed by atoms with van der Waals surface area (Å²) in [7, 11) is 0. The lowest BCUT2D eigenvalue weighted by Crippen LogP contribution is -2.14. The Kier molecular flexibility index (Phi) is 1.83. The van der Waals surface area contributed by atoms with Gasteiger partial charge in [-0.05, 0) is 22.8 Å². The minimum absolute atomic E-state index is 0.944. The molecule has 1 saturated carbocycles. The van der Waals surface area contributed by atoms with Crippen LogP contribution in [0.25, 0.3) is 0 Å². The molecule has 0 spiro atoms. The van der Waals surface area contributed by atoms with Crippen LogP contribution in [-0.2, 0) is 6.54 Å². The molecule has 1 heterocycles. The van der Waals surface area contributed by atoms with Crippen molar-refractivity contribution in [1.82, 2.24) is 20.2 Å². The summed E-state index contributed by atoms with van der Waals surface area (Å²) < 4.78 is 1.80. The molecule has 0 unspecified atom stereocenters. The van der Waals surface area contributed by atoms with E-state index in [4.69, 9.17) is 0 Å². The highest BCUT2D eigenvalue weighted by atomic mass is 15.5. The molecule has 0 radical (unpaired) electrons. The molecule has 0 amide bonds. The molecule has 1 aromatic heterocycles. The van der Waals surface area contributed by atoms with Crippen LogP contribution >= 0.6 is 0 Å². The van der Waals surface area contributed by atoms with Crippen molar-refractivity contribution in [3.63, 3.8) is 0 Å². The highest BCUT2D eigenvalue weighted by Crippen LogP contribution is 2.29. The Bertz CT molecular complexity index is 202. The summed E-state index contributed by atoms with van der Waals surface area (Å²) in [4.78, 5) is 0. The Labute approximate surface area is 65.6 Å². The molecule has 0 N–H and O–H groups in total. The first kappa shape index (κ1) is 6.76. The fourth-order valence-corrected chi connectivity index (χ4v) is 1.38. The van der Waals surface area contributed by atoms with E-state index in [0.717, 1.165) is 12.5 Å². The van der Waals surface area contributed by atoms with Crippen LogP contribution < -0.4 is 0 Å². The van der Waals surface area contributed by atoms with Crippen LogP contribution in [0.3, 0.4) is 0 Å². The summed E-state index contributed by atoms with van der Waals surface area (Å²) in [6, 6.07) is 0. The average molecular weight is 152 g/mol. The maximum Gasteiger partial charge on any atom is 0.138 e. The van der Waals surface area contributed by atoms with Gasteiger partial charge in [-0.2, -0.15) is 0 Å². The largest absolute Gasteiger partial charge is 0.233 e. The number of rotatable bonds is 3. The van der Waals surface area contributed by atoms with Crippen molar-refractivity contribution >= 4 is 0 Å². The van der Waals surface area contributed by atoms with E-state index in [-0.39, 0.29) is 0 Å². The van der Waals surface area contributed by atoms with Crippen LogP contribution in [0.5, 0.6) is 0 Å². The Morgan fingerprint density at radius 1 is 1.45 bits per heavy atom. The quantitative estimate of drug-likeness (QED) is 0.645. The maximum atomic E-state index is 3.80. The van der Waals surface area contributed by atoms with Crippen molar-refractivity contribution in [2.75, 3.05) is 0 Å². The van der Waals surface area contributed by atoms with Crippen molar-refractivity contribution in [1.29, 1.82) is 0 Å². The molecule has 0 saturated heterocycles. The van der Waals surface area contributed by atoms with Gasteiger partial charge in [0.15, 0.2) is 0 Å². The highest BCUT2D eigenvalue weighted by molar-refractivity contribution is 4.69. The molecule has 11 heavy (non-hydrogen) atoms. The van der Waals surface area contributed by atoms with E-state index in [9.17, 15) is 0 Å². The third kappa shape index (κ3) is 1.56.